The third-order valence-electron chi connectivity index (χ3n) is 4.76. The highest BCUT2D eigenvalue weighted by Crippen LogP contribution is 2.44. The van der Waals surface area contributed by atoms with Gasteiger partial charge in [-0.1, -0.05) is 12.1 Å². The Hall–Kier alpha value is -1.96. The molecule has 1 aliphatic heterocycles. The van der Waals surface area contributed by atoms with Crippen LogP contribution < -0.4 is 15.8 Å². The smallest absolute Gasteiger partial charge is 0.404 e. The number of nitrogens with one attached hydrogen (secondary N) is 1. The van der Waals surface area contributed by atoms with Crippen LogP contribution in [-0.4, -0.2) is 31.1 Å². The van der Waals surface area contributed by atoms with Gasteiger partial charge in [-0.2, -0.15) is 0 Å². The van der Waals surface area contributed by atoms with Gasteiger partial charge in [0.25, 0.3) is 0 Å². The van der Waals surface area contributed by atoms with Gasteiger partial charge in [-0.25, -0.2) is 0 Å². The summed E-state index contributed by atoms with van der Waals surface area (Å²) >= 11 is 0. The molecule has 1 heterocycles. The number of alkyl halides is 3. The quantitative estimate of drug-likeness (QED) is 0.637. The number of nitrogens with zero attached hydrogens (tertiary/aromatic N) is 1. The first-order valence-corrected chi connectivity index (χ1v) is 8.41. The van der Waals surface area contributed by atoms with E-state index in [2.05, 4.69) is 15.0 Å². The molecule has 0 aromatic heterocycles. The monoisotopic (exact) mass is 357 g/mol. The van der Waals surface area contributed by atoms with Gasteiger partial charge < -0.3 is 20.5 Å². The second kappa shape index (κ2) is 7.11. The van der Waals surface area contributed by atoms with Gasteiger partial charge in [0.05, 0.1) is 11.3 Å². The van der Waals surface area contributed by atoms with E-state index in [4.69, 9.17) is 10.5 Å². The molecule has 1 atom stereocenters. The third-order valence-corrected chi connectivity index (χ3v) is 4.76. The molecule has 1 saturated heterocycles. The molecule has 5 nitrogen and oxygen atoms in total. The molecule has 1 spiro atoms. The van der Waals surface area contributed by atoms with Gasteiger partial charge in [0, 0.05) is 13.2 Å². The van der Waals surface area contributed by atoms with Crippen LogP contribution in [0.3, 0.4) is 0 Å². The average molecular weight is 357 g/mol. The molecule has 2 aliphatic rings. The van der Waals surface area contributed by atoms with Gasteiger partial charge in [0.1, 0.15) is 0 Å². The SMILES string of the molecule is NC(=NCC1CCOC2(CCC2)C1)Nc1ccccc1OC(F)(F)F. The van der Waals surface area contributed by atoms with Gasteiger partial charge in [-0.15, -0.1) is 13.2 Å². The molecule has 25 heavy (non-hydrogen) atoms. The van der Waals surface area contributed by atoms with Crippen LogP contribution in [0.2, 0.25) is 0 Å². The van der Waals surface area contributed by atoms with Crippen molar-refractivity contribution in [2.24, 2.45) is 16.6 Å². The minimum Gasteiger partial charge on any atom is -0.404 e. The Kier molecular flexibility index (Phi) is 5.08. The second-order valence-corrected chi connectivity index (χ2v) is 6.64. The molecular formula is C17H22F3N3O2. The van der Waals surface area contributed by atoms with Crippen LogP contribution in [0.25, 0.3) is 0 Å². The van der Waals surface area contributed by atoms with E-state index in [9.17, 15) is 13.2 Å². The summed E-state index contributed by atoms with van der Waals surface area (Å²) in [5.41, 5.74) is 6.00. The number of ether oxygens (including phenoxy) is 2. The molecule has 0 bridgehead atoms. The molecule has 1 aliphatic carbocycles. The molecule has 8 heteroatoms. The van der Waals surface area contributed by atoms with E-state index in [1.54, 1.807) is 6.07 Å². The van der Waals surface area contributed by atoms with Crippen molar-refractivity contribution in [3.05, 3.63) is 24.3 Å². The Morgan fingerprint density at radius 1 is 1.36 bits per heavy atom. The van der Waals surface area contributed by atoms with Crippen LogP contribution in [0.15, 0.2) is 29.3 Å². The molecule has 1 aromatic carbocycles. The largest absolute Gasteiger partial charge is 0.573 e. The summed E-state index contributed by atoms with van der Waals surface area (Å²) in [4.78, 5) is 4.30. The first kappa shape index (κ1) is 17.8. The molecule has 1 saturated carbocycles. The van der Waals surface area contributed by atoms with Crippen molar-refractivity contribution in [1.82, 2.24) is 0 Å². The fourth-order valence-corrected chi connectivity index (χ4v) is 3.39. The fraction of sp³-hybridized carbons (Fsp3) is 0.588. The number of hydrogen-bond acceptors (Lipinski definition) is 3. The Balaban J connectivity index is 1.58. The number of aliphatic imine (C=N–C) groups is 1. The predicted molar refractivity (Wildman–Crippen MR) is 88.5 cm³/mol. The van der Waals surface area contributed by atoms with Crippen LogP contribution >= 0.6 is 0 Å². The highest BCUT2D eigenvalue weighted by atomic mass is 19.4. The maximum absolute atomic E-state index is 12.4. The number of para-hydroxylation sites is 2. The van der Waals surface area contributed by atoms with E-state index < -0.39 is 6.36 Å². The molecule has 3 N–H and O–H groups in total. The maximum Gasteiger partial charge on any atom is 0.573 e. The minimum atomic E-state index is -4.76. The Morgan fingerprint density at radius 3 is 2.80 bits per heavy atom. The highest BCUT2D eigenvalue weighted by Gasteiger charge is 2.42. The third kappa shape index (κ3) is 4.78. The Labute approximate surface area is 144 Å². The van der Waals surface area contributed by atoms with Crippen molar-refractivity contribution in [2.45, 2.75) is 44.1 Å². The van der Waals surface area contributed by atoms with Crippen molar-refractivity contribution < 1.29 is 22.6 Å². The highest BCUT2D eigenvalue weighted by molar-refractivity contribution is 5.93. The standard InChI is InChI=1S/C17H22F3N3O2/c18-17(19,20)25-14-5-2-1-4-13(14)23-15(21)22-11-12-6-9-24-16(10-12)7-3-8-16/h1-2,4-5,12H,3,6-11H2,(H3,21,22,23). The zero-order chi connectivity index (χ0) is 17.9. The lowest BCUT2D eigenvalue weighted by molar-refractivity contribution is -0.274. The van der Waals surface area contributed by atoms with Crippen molar-refractivity contribution in [1.29, 1.82) is 0 Å². The average Bonchev–Trinajstić information content (AvgIpc) is 2.52. The maximum atomic E-state index is 12.4. The van der Waals surface area contributed by atoms with E-state index in [0.29, 0.717) is 12.5 Å². The van der Waals surface area contributed by atoms with Crippen molar-refractivity contribution >= 4 is 11.6 Å². The lowest BCUT2D eigenvalue weighted by Gasteiger charge is -2.47. The molecule has 3 rings (SSSR count). The topological polar surface area (TPSA) is 68.9 Å². The van der Waals surface area contributed by atoms with Gasteiger partial charge in [-0.05, 0) is 50.2 Å². The molecule has 0 amide bonds. The van der Waals surface area contributed by atoms with Crippen molar-refractivity contribution in [3.63, 3.8) is 0 Å². The van der Waals surface area contributed by atoms with Gasteiger partial charge in [0.2, 0.25) is 0 Å². The van der Waals surface area contributed by atoms with E-state index in [-0.39, 0.29) is 23.0 Å². The zero-order valence-electron chi connectivity index (χ0n) is 13.8. The summed E-state index contributed by atoms with van der Waals surface area (Å²) in [7, 11) is 0. The molecule has 1 unspecified atom stereocenters. The summed E-state index contributed by atoms with van der Waals surface area (Å²) in [5, 5.41) is 2.69. The minimum absolute atomic E-state index is 0.0355. The fourth-order valence-electron chi connectivity index (χ4n) is 3.39. The van der Waals surface area contributed by atoms with Gasteiger partial charge in [0.15, 0.2) is 11.7 Å². The normalized spacial score (nSPS) is 23.2. The molecule has 1 aromatic rings. The lowest BCUT2D eigenvalue weighted by Crippen LogP contribution is -2.46. The Morgan fingerprint density at radius 2 is 2.12 bits per heavy atom. The first-order chi connectivity index (χ1) is 11.9. The number of rotatable bonds is 4. The van der Waals surface area contributed by atoms with E-state index in [1.165, 1.54) is 24.6 Å². The number of nitrogens with two attached hydrogens (primary N) is 1. The molecule has 2 fully saturated rings. The number of anilines is 1. The number of halogens is 3. The van der Waals surface area contributed by atoms with Crippen LogP contribution in [0, 0.1) is 5.92 Å². The van der Waals surface area contributed by atoms with Crippen LogP contribution in [0.4, 0.5) is 18.9 Å². The summed E-state index contributed by atoms with van der Waals surface area (Å²) in [5.74, 6) is 0.121. The lowest BCUT2D eigenvalue weighted by atomic mass is 9.72. The van der Waals surface area contributed by atoms with Gasteiger partial charge >= 0.3 is 6.36 Å². The molecule has 0 radical (unpaired) electrons. The predicted octanol–water partition coefficient (Wildman–Crippen LogP) is 3.66. The van der Waals surface area contributed by atoms with E-state index >= 15 is 0 Å². The van der Waals surface area contributed by atoms with E-state index in [0.717, 1.165) is 32.3 Å². The molecule has 138 valence electrons. The van der Waals surface area contributed by atoms with Gasteiger partial charge in [-0.3, -0.25) is 4.99 Å². The number of benzene rings is 1. The number of guanidine groups is 1. The second-order valence-electron chi connectivity index (χ2n) is 6.64. The molecular weight excluding hydrogens is 335 g/mol. The van der Waals surface area contributed by atoms with Crippen LogP contribution in [-0.2, 0) is 4.74 Å². The van der Waals surface area contributed by atoms with Crippen LogP contribution in [0.1, 0.15) is 32.1 Å². The van der Waals surface area contributed by atoms with E-state index in [1.807, 2.05) is 0 Å². The summed E-state index contributed by atoms with van der Waals surface area (Å²) in [6.07, 6.45) is 0.536. The summed E-state index contributed by atoms with van der Waals surface area (Å²) in [6.45, 7) is 1.27. The summed E-state index contributed by atoms with van der Waals surface area (Å²) < 4.78 is 47.2. The summed E-state index contributed by atoms with van der Waals surface area (Å²) in [6, 6.07) is 5.74. The Bertz CT molecular complexity index is 630. The number of hydrogen-bond donors (Lipinski definition) is 2. The first-order valence-electron chi connectivity index (χ1n) is 8.41. The van der Waals surface area contributed by atoms with Crippen LogP contribution in [0.5, 0.6) is 5.75 Å². The van der Waals surface area contributed by atoms with Crippen molar-refractivity contribution in [2.75, 3.05) is 18.5 Å². The zero-order valence-corrected chi connectivity index (χ0v) is 13.8. The van der Waals surface area contributed by atoms with Crippen molar-refractivity contribution in [3.8, 4) is 5.75 Å².